The lowest BCUT2D eigenvalue weighted by Crippen LogP contribution is -2.29. The Morgan fingerprint density at radius 2 is 1.94 bits per heavy atom. The van der Waals surface area contributed by atoms with Crippen molar-refractivity contribution in [2.45, 2.75) is 19.8 Å². The van der Waals surface area contributed by atoms with E-state index in [1.54, 1.807) is 0 Å². The number of hydrazine groups is 1. The summed E-state index contributed by atoms with van der Waals surface area (Å²) in [6, 6.07) is 13.3. The van der Waals surface area contributed by atoms with Gasteiger partial charge in [0.15, 0.2) is 0 Å². The van der Waals surface area contributed by atoms with Gasteiger partial charge in [0.2, 0.25) is 5.91 Å². The van der Waals surface area contributed by atoms with E-state index < -0.39 is 0 Å². The topological polar surface area (TPSA) is 54.3 Å². The number of rotatable bonds is 5. The van der Waals surface area contributed by atoms with Gasteiger partial charge in [0.05, 0.1) is 5.69 Å². The minimum absolute atomic E-state index is 0.0621. The smallest absolute Gasteiger partial charge is 0.238 e. The first-order chi connectivity index (χ1) is 8.74. The third-order valence-corrected chi connectivity index (χ3v) is 2.51. The van der Waals surface area contributed by atoms with E-state index >= 15 is 0 Å². The second-order valence-corrected chi connectivity index (χ2v) is 4.05. The quantitative estimate of drug-likeness (QED) is 0.795. The van der Waals surface area contributed by atoms with Crippen molar-refractivity contribution in [3.05, 3.63) is 54.0 Å². The Bertz CT molecular complexity index is 506. The van der Waals surface area contributed by atoms with Crippen molar-refractivity contribution in [2.24, 2.45) is 0 Å². The van der Waals surface area contributed by atoms with Crippen molar-refractivity contribution in [3.63, 3.8) is 0 Å². The molecule has 0 saturated carbocycles. The van der Waals surface area contributed by atoms with Crippen LogP contribution in [0, 0.1) is 6.92 Å². The van der Waals surface area contributed by atoms with Gasteiger partial charge >= 0.3 is 0 Å². The summed E-state index contributed by atoms with van der Waals surface area (Å²) in [6.07, 6.45) is 1.00. The van der Waals surface area contributed by atoms with Crippen LogP contribution in [0.2, 0.25) is 0 Å². The minimum Gasteiger partial charge on any atom is -0.466 e. The summed E-state index contributed by atoms with van der Waals surface area (Å²) in [5.74, 6) is 1.64. The summed E-state index contributed by atoms with van der Waals surface area (Å²) in [6.45, 7) is 1.89. The largest absolute Gasteiger partial charge is 0.466 e. The molecular weight excluding hydrogens is 228 g/mol. The summed E-state index contributed by atoms with van der Waals surface area (Å²) in [4.78, 5) is 11.6. The molecular formula is C14H16N2O2. The molecule has 18 heavy (non-hydrogen) atoms. The van der Waals surface area contributed by atoms with E-state index in [0.29, 0.717) is 12.8 Å². The molecule has 2 rings (SSSR count). The van der Waals surface area contributed by atoms with Crippen LogP contribution in [-0.4, -0.2) is 5.91 Å². The number of nitrogens with one attached hydrogen (secondary N) is 2. The number of carbonyl (C=O) groups excluding carboxylic acids is 1. The van der Waals surface area contributed by atoms with Gasteiger partial charge in [-0.3, -0.25) is 15.6 Å². The van der Waals surface area contributed by atoms with Crippen LogP contribution in [0.1, 0.15) is 17.9 Å². The number of para-hydroxylation sites is 1. The normalized spacial score (nSPS) is 10.1. The Kier molecular flexibility index (Phi) is 4.02. The van der Waals surface area contributed by atoms with Gasteiger partial charge in [0.25, 0.3) is 0 Å². The van der Waals surface area contributed by atoms with Crippen LogP contribution in [0.15, 0.2) is 46.9 Å². The number of furan rings is 1. The molecule has 1 aromatic heterocycles. The maximum Gasteiger partial charge on any atom is 0.238 e. The summed E-state index contributed by atoms with van der Waals surface area (Å²) >= 11 is 0. The van der Waals surface area contributed by atoms with Crippen LogP contribution in [0.3, 0.4) is 0 Å². The maximum absolute atomic E-state index is 11.6. The molecule has 0 radical (unpaired) electrons. The number of amides is 1. The Hall–Kier alpha value is -2.23. The van der Waals surface area contributed by atoms with E-state index in [-0.39, 0.29) is 5.91 Å². The fourth-order valence-electron chi connectivity index (χ4n) is 1.58. The molecule has 0 atom stereocenters. The molecule has 0 bridgehead atoms. The van der Waals surface area contributed by atoms with Gasteiger partial charge in [0, 0.05) is 12.8 Å². The molecule has 2 aromatic rings. The number of benzene rings is 1. The molecule has 4 heteroatoms. The molecule has 2 N–H and O–H groups in total. The van der Waals surface area contributed by atoms with E-state index in [2.05, 4.69) is 10.9 Å². The standard InChI is InChI=1S/C14H16N2O2/c1-11-7-8-13(18-11)9-10-14(17)16-15-12-5-3-2-4-6-12/h2-8,15H,9-10H2,1H3,(H,16,17). The second kappa shape index (κ2) is 5.91. The zero-order chi connectivity index (χ0) is 12.8. The molecule has 4 nitrogen and oxygen atoms in total. The first-order valence-corrected chi connectivity index (χ1v) is 5.89. The van der Waals surface area contributed by atoms with Crippen molar-refractivity contribution in [1.29, 1.82) is 0 Å². The second-order valence-electron chi connectivity index (χ2n) is 4.05. The lowest BCUT2D eigenvalue weighted by molar-refractivity contribution is -0.120. The first-order valence-electron chi connectivity index (χ1n) is 5.89. The van der Waals surface area contributed by atoms with Crippen molar-refractivity contribution < 1.29 is 9.21 Å². The summed E-state index contributed by atoms with van der Waals surface area (Å²) in [5, 5.41) is 0. The van der Waals surface area contributed by atoms with E-state index in [9.17, 15) is 4.79 Å². The molecule has 1 aromatic carbocycles. The predicted molar refractivity (Wildman–Crippen MR) is 70.0 cm³/mol. The maximum atomic E-state index is 11.6. The van der Waals surface area contributed by atoms with Crippen LogP contribution >= 0.6 is 0 Å². The molecule has 0 saturated heterocycles. The van der Waals surface area contributed by atoms with Gasteiger partial charge in [0.1, 0.15) is 11.5 Å². The molecule has 1 heterocycles. The van der Waals surface area contributed by atoms with E-state index in [4.69, 9.17) is 4.42 Å². The molecule has 94 valence electrons. The SMILES string of the molecule is Cc1ccc(CCC(=O)NNc2ccccc2)o1. The van der Waals surface area contributed by atoms with Crippen molar-refractivity contribution in [1.82, 2.24) is 5.43 Å². The highest BCUT2D eigenvalue weighted by Crippen LogP contribution is 2.08. The third kappa shape index (κ3) is 3.66. The van der Waals surface area contributed by atoms with Crippen molar-refractivity contribution in [3.8, 4) is 0 Å². The van der Waals surface area contributed by atoms with Crippen LogP contribution < -0.4 is 10.9 Å². The highest BCUT2D eigenvalue weighted by Gasteiger charge is 2.04. The zero-order valence-electron chi connectivity index (χ0n) is 10.3. The minimum atomic E-state index is -0.0621. The molecule has 0 unspecified atom stereocenters. The third-order valence-electron chi connectivity index (χ3n) is 2.51. The van der Waals surface area contributed by atoms with Crippen molar-refractivity contribution >= 4 is 11.6 Å². The molecule has 0 aliphatic carbocycles. The summed E-state index contributed by atoms with van der Waals surface area (Å²) < 4.78 is 5.40. The average Bonchev–Trinajstić information content (AvgIpc) is 2.81. The lowest BCUT2D eigenvalue weighted by Gasteiger charge is -2.07. The number of aryl methyl sites for hydroxylation is 2. The Labute approximate surface area is 106 Å². The molecule has 1 amide bonds. The average molecular weight is 244 g/mol. The van der Waals surface area contributed by atoms with Gasteiger partial charge in [-0.15, -0.1) is 0 Å². The molecule has 0 spiro atoms. The van der Waals surface area contributed by atoms with E-state index in [0.717, 1.165) is 17.2 Å². The van der Waals surface area contributed by atoms with Gasteiger partial charge in [-0.25, -0.2) is 0 Å². The van der Waals surface area contributed by atoms with Gasteiger partial charge in [-0.2, -0.15) is 0 Å². The number of anilines is 1. The predicted octanol–water partition coefficient (Wildman–Crippen LogP) is 2.66. The number of hydrogen-bond donors (Lipinski definition) is 2. The van der Waals surface area contributed by atoms with Crippen molar-refractivity contribution in [2.75, 3.05) is 5.43 Å². The lowest BCUT2D eigenvalue weighted by atomic mass is 10.2. The van der Waals surface area contributed by atoms with Crippen LogP contribution in [0.5, 0.6) is 0 Å². The van der Waals surface area contributed by atoms with E-state index in [1.165, 1.54) is 0 Å². The van der Waals surface area contributed by atoms with Gasteiger partial charge in [-0.05, 0) is 31.2 Å². The van der Waals surface area contributed by atoms with Crippen LogP contribution in [0.25, 0.3) is 0 Å². The number of carbonyl (C=O) groups is 1. The Morgan fingerprint density at radius 3 is 2.61 bits per heavy atom. The fraction of sp³-hybridized carbons (Fsp3) is 0.214. The number of hydrogen-bond acceptors (Lipinski definition) is 3. The monoisotopic (exact) mass is 244 g/mol. The molecule has 0 aliphatic heterocycles. The zero-order valence-corrected chi connectivity index (χ0v) is 10.3. The molecule has 0 fully saturated rings. The fourth-order valence-corrected chi connectivity index (χ4v) is 1.58. The Balaban J connectivity index is 1.73. The molecule has 0 aliphatic rings. The highest BCUT2D eigenvalue weighted by atomic mass is 16.3. The Morgan fingerprint density at radius 1 is 1.17 bits per heavy atom. The summed E-state index contributed by atoms with van der Waals surface area (Å²) in [7, 11) is 0. The van der Waals surface area contributed by atoms with Crippen LogP contribution in [-0.2, 0) is 11.2 Å². The van der Waals surface area contributed by atoms with Crippen LogP contribution in [0.4, 0.5) is 5.69 Å². The highest BCUT2D eigenvalue weighted by molar-refractivity contribution is 5.77. The van der Waals surface area contributed by atoms with Gasteiger partial charge < -0.3 is 4.42 Å². The summed E-state index contributed by atoms with van der Waals surface area (Å²) in [5.41, 5.74) is 6.36. The first kappa shape index (κ1) is 12.2. The van der Waals surface area contributed by atoms with E-state index in [1.807, 2.05) is 49.4 Å². The van der Waals surface area contributed by atoms with Gasteiger partial charge in [-0.1, -0.05) is 18.2 Å².